The van der Waals surface area contributed by atoms with E-state index in [0.717, 1.165) is 10.9 Å². The van der Waals surface area contributed by atoms with E-state index in [1.54, 1.807) is 0 Å². The van der Waals surface area contributed by atoms with Crippen LogP contribution in [0.15, 0.2) is 12.1 Å². The molecule has 2 aromatic heterocycles. The largest absolute Gasteiger partial charge is 0.465 e. The number of hydrogen-bond donors (Lipinski definition) is 1. The molecule has 2 N–H and O–H groups in total. The van der Waals surface area contributed by atoms with E-state index in [2.05, 4.69) is 9.97 Å². The number of thiazole rings is 1. The van der Waals surface area contributed by atoms with Crippen molar-refractivity contribution in [3.63, 3.8) is 0 Å². The lowest BCUT2D eigenvalue weighted by molar-refractivity contribution is -0.141. The van der Waals surface area contributed by atoms with Gasteiger partial charge in [-0.1, -0.05) is 25.2 Å². The highest BCUT2D eigenvalue weighted by Gasteiger charge is 2.43. The molecule has 0 saturated heterocycles. The van der Waals surface area contributed by atoms with Crippen molar-refractivity contribution in [2.45, 2.75) is 38.5 Å². The maximum absolute atomic E-state index is 12.9. The third kappa shape index (κ3) is 2.13. The average molecular weight is 329 g/mol. The monoisotopic (exact) mass is 329 g/mol. The van der Waals surface area contributed by atoms with Gasteiger partial charge in [0, 0.05) is 0 Å². The number of alkyl halides is 3. The predicted octanol–water partition coefficient (Wildman–Crippen LogP) is 4.21. The van der Waals surface area contributed by atoms with E-state index in [4.69, 9.17) is 10.5 Å². The van der Waals surface area contributed by atoms with Gasteiger partial charge < -0.3 is 10.5 Å². The molecule has 3 rings (SSSR count). The van der Waals surface area contributed by atoms with Crippen LogP contribution in [0.4, 0.5) is 18.3 Å². The number of nitrogen functional groups attached to an aromatic ring is 1. The van der Waals surface area contributed by atoms with Gasteiger partial charge in [0.25, 0.3) is 0 Å². The van der Waals surface area contributed by atoms with Gasteiger partial charge >= 0.3 is 6.18 Å². The van der Waals surface area contributed by atoms with Gasteiger partial charge in [-0.3, -0.25) is 0 Å². The van der Waals surface area contributed by atoms with Gasteiger partial charge in [0.15, 0.2) is 5.13 Å². The fraction of sp³-hybridized carbons (Fsp3) is 0.429. The van der Waals surface area contributed by atoms with Crippen molar-refractivity contribution in [3.8, 4) is 17.1 Å². The molecule has 0 radical (unpaired) electrons. The highest BCUT2D eigenvalue weighted by atomic mass is 32.1. The molecule has 0 atom stereocenters. The molecule has 0 amide bonds. The standard InChI is InChI=1S/C14H14F3N3OS/c1-3-13(4-2)10-9(20-12(18)22-10)7-5-6-8(14(15,16)17)19-11(7)21-13/h5-6H,3-4H2,1-2H3,(H2,18,20). The lowest BCUT2D eigenvalue weighted by Gasteiger charge is -2.35. The van der Waals surface area contributed by atoms with Crippen molar-refractivity contribution in [1.29, 1.82) is 0 Å². The average Bonchev–Trinajstić information content (AvgIpc) is 2.87. The van der Waals surface area contributed by atoms with Crippen molar-refractivity contribution >= 4 is 16.5 Å². The maximum atomic E-state index is 12.9. The third-order valence-electron chi connectivity index (χ3n) is 3.90. The third-order valence-corrected chi connectivity index (χ3v) is 4.97. The number of ether oxygens (including phenoxy) is 1. The van der Waals surface area contributed by atoms with E-state index < -0.39 is 17.5 Å². The molecule has 0 bridgehead atoms. The number of anilines is 1. The molecule has 118 valence electrons. The highest BCUT2D eigenvalue weighted by Crippen LogP contribution is 2.50. The van der Waals surface area contributed by atoms with Crippen LogP contribution in [0.3, 0.4) is 0 Å². The van der Waals surface area contributed by atoms with Crippen molar-refractivity contribution in [1.82, 2.24) is 9.97 Å². The lowest BCUT2D eigenvalue weighted by atomic mass is 9.90. The summed E-state index contributed by atoms with van der Waals surface area (Å²) in [6, 6.07) is 2.28. The second-order valence-electron chi connectivity index (χ2n) is 5.08. The molecule has 8 heteroatoms. The number of fused-ring (bicyclic) bond motifs is 3. The summed E-state index contributed by atoms with van der Waals surface area (Å²) in [6.45, 7) is 3.84. The van der Waals surface area contributed by atoms with E-state index in [1.165, 1.54) is 17.4 Å². The van der Waals surface area contributed by atoms with Gasteiger partial charge in [0.1, 0.15) is 11.3 Å². The number of pyridine rings is 1. The number of aromatic nitrogens is 2. The van der Waals surface area contributed by atoms with E-state index in [0.29, 0.717) is 29.2 Å². The summed E-state index contributed by atoms with van der Waals surface area (Å²) in [4.78, 5) is 8.78. The Morgan fingerprint density at radius 2 is 1.91 bits per heavy atom. The number of rotatable bonds is 2. The SMILES string of the molecule is CCC1(CC)Oc2nc(C(F)(F)F)ccc2-c2nc(N)sc21. The molecule has 0 spiro atoms. The summed E-state index contributed by atoms with van der Waals surface area (Å²) < 4.78 is 44.5. The Labute approximate surface area is 129 Å². The molecule has 2 aromatic rings. The van der Waals surface area contributed by atoms with Crippen molar-refractivity contribution in [3.05, 3.63) is 22.7 Å². The Balaban J connectivity index is 2.23. The Morgan fingerprint density at radius 1 is 1.23 bits per heavy atom. The van der Waals surface area contributed by atoms with Crippen LogP contribution in [0.25, 0.3) is 11.3 Å². The van der Waals surface area contributed by atoms with Crippen LogP contribution < -0.4 is 10.5 Å². The first-order chi connectivity index (χ1) is 10.3. The summed E-state index contributed by atoms with van der Waals surface area (Å²) in [5.74, 6) is -0.0312. The molecule has 0 unspecified atom stereocenters. The zero-order chi connectivity index (χ0) is 16.1. The van der Waals surface area contributed by atoms with Crippen LogP contribution in [-0.4, -0.2) is 9.97 Å². The van der Waals surface area contributed by atoms with Gasteiger partial charge in [-0.2, -0.15) is 13.2 Å². The molecule has 1 aliphatic heterocycles. The predicted molar refractivity (Wildman–Crippen MR) is 77.6 cm³/mol. The molecule has 4 nitrogen and oxygen atoms in total. The first-order valence-corrected chi connectivity index (χ1v) is 7.67. The summed E-state index contributed by atoms with van der Waals surface area (Å²) in [7, 11) is 0. The van der Waals surface area contributed by atoms with Crippen LogP contribution in [0.1, 0.15) is 37.3 Å². The summed E-state index contributed by atoms with van der Waals surface area (Å²) >= 11 is 1.31. The van der Waals surface area contributed by atoms with Crippen LogP contribution in [0.2, 0.25) is 0 Å². The maximum Gasteiger partial charge on any atom is 0.433 e. The molecular weight excluding hydrogens is 315 g/mol. The number of halogens is 3. The molecule has 1 aliphatic rings. The first kappa shape index (κ1) is 15.1. The Morgan fingerprint density at radius 3 is 2.50 bits per heavy atom. The first-order valence-electron chi connectivity index (χ1n) is 6.85. The van der Waals surface area contributed by atoms with Gasteiger partial charge in [-0.05, 0) is 25.0 Å². The van der Waals surface area contributed by atoms with Gasteiger partial charge in [0.2, 0.25) is 5.88 Å². The summed E-state index contributed by atoms with van der Waals surface area (Å²) in [6.07, 6.45) is -3.33. The molecule has 3 heterocycles. The Hall–Kier alpha value is -1.83. The molecule has 0 fully saturated rings. The fourth-order valence-electron chi connectivity index (χ4n) is 2.63. The minimum Gasteiger partial charge on any atom is -0.465 e. The Kier molecular flexibility index (Phi) is 3.32. The van der Waals surface area contributed by atoms with Crippen LogP contribution >= 0.6 is 11.3 Å². The minimum absolute atomic E-state index is 0.0312. The molecule has 0 aliphatic carbocycles. The molecule has 0 aromatic carbocycles. The quantitative estimate of drug-likeness (QED) is 0.896. The summed E-state index contributed by atoms with van der Waals surface area (Å²) in [5.41, 5.74) is 5.13. The topological polar surface area (TPSA) is 61.0 Å². The molecule has 22 heavy (non-hydrogen) atoms. The van der Waals surface area contributed by atoms with Crippen molar-refractivity contribution in [2.75, 3.05) is 5.73 Å². The van der Waals surface area contributed by atoms with Gasteiger partial charge in [-0.15, -0.1) is 0 Å². The number of hydrogen-bond acceptors (Lipinski definition) is 5. The normalized spacial score (nSPS) is 15.9. The zero-order valence-corrected chi connectivity index (χ0v) is 12.8. The Bertz CT molecular complexity index is 723. The second-order valence-corrected chi connectivity index (χ2v) is 6.11. The van der Waals surface area contributed by atoms with E-state index in [1.807, 2.05) is 13.8 Å². The van der Waals surface area contributed by atoms with Crippen molar-refractivity contribution in [2.24, 2.45) is 0 Å². The van der Waals surface area contributed by atoms with E-state index >= 15 is 0 Å². The van der Waals surface area contributed by atoms with E-state index in [-0.39, 0.29) is 5.88 Å². The van der Waals surface area contributed by atoms with Gasteiger partial charge in [-0.25, -0.2) is 9.97 Å². The van der Waals surface area contributed by atoms with E-state index in [9.17, 15) is 13.2 Å². The van der Waals surface area contributed by atoms with Crippen LogP contribution in [-0.2, 0) is 11.8 Å². The highest BCUT2D eigenvalue weighted by molar-refractivity contribution is 7.16. The molecule has 0 saturated carbocycles. The minimum atomic E-state index is -4.51. The second kappa shape index (κ2) is 4.84. The van der Waals surface area contributed by atoms with Crippen molar-refractivity contribution < 1.29 is 17.9 Å². The summed E-state index contributed by atoms with van der Waals surface area (Å²) in [5, 5.41) is 0.368. The number of nitrogens with two attached hydrogens (primary N) is 1. The molecular formula is C14H14F3N3OS. The fourth-order valence-corrected chi connectivity index (χ4v) is 3.75. The van der Waals surface area contributed by atoms with Gasteiger partial charge in [0.05, 0.1) is 16.1 Å². The smallest absolute Gasteiger partial charge is 0.433 e. The lowest BCUT2D eigenvalue weighted by Crippen LogP contribution is -2.34. The zero-order valence-electron chi connectivity index (χ0n) is 12.0. The number of nitrogens with zero attached hydrogens (tertiary/aromatic N) is 2. The van der Waals surface area contributed by atoms with Crippen LogP contribution in [0, 0.1) is 0 Å². The van der Waals surface area contributed by atoms with Crippen LogP contribution in [0.5, 0.6) is 5.88 Å².